The predicted octanol–water partition coefficient (Wildman–Crippen LogP) is 4.82. The molecule has 3 aromatic rings. The lowest BCUT2D eigenvalue weighted by Gasteiger charge is -2.33. The molecule has 3 heterocycles. The molecular weight excluding hydrogens is 426 g/mol. The lowest BCUT2D eigenvalue weighted by Crippen LogP contribution is -2.47. The molecule has 0 radical (unpaired) electrons. The van der Waals surface area contributed by atoms with Gasteiger partial charge in [0.15, 0.2) is 10.9 Å². The normalized spacial score (nSPS) is 22.4. The number of hydrogen-bond donors (Lipinski definition) is 1. The van der Waals surface area contributed by atoms with E-state index in [1.807, 2.05) is 23.6 Å². The summed E-state index contributed by atoms with van der Waals surface area (Å²) in [5.41, 5.74) is 1.17. The van der Waals surface area contributed by atoms with E-state index in [2.05, 4.69) is 10.3 Å². The monoisotopic (exact) mass is 451 g/mol. The van der Waals surface area contributed by atoms with Gasteiger partial charge in [-0.25, -0.2) is 4.98 Å². The molecule has 2 amide bonds. The molecule has 2 aliphatic rings. The summed E-state index contributed by atoms with van der Waals surface area (Å²) >= 11 is 1.35. The Labute approximate surface area is 190 Å². The van der Waals surface area contributed by atoms with Gasteiger partial charge in [-0.3, -0.25) is 9.59 Å². The van der Waals surface area contributed by atoms with Crippen LogP contribution in [0.1, 0.15) is 42.5 Å². The lowest BCUT2D eigenvalue weighted by atomic mass is 9.84. The zero-order valence-corrected chi connectivity index (χ0v) is 18.6. The predicted molar refractivity (Wildman–Crippen MR) is 122 cm³/mol. The largest absolute Gasteiger partial charge is 0.496 e. The van der Waals surface area contributed by atoms with Crippen LogP contribution in [0.5, 0.6) is 5.75 Å². The van der Waals surface area contributed by atoms with Gasteiger partial charge in [-0.05, 0) is 49.4 Å². The number of fused-ring (bicyclic) bond motifs is 1. The molecular formula is C24H25N3O4S. The zero-order valence-electron chi connectivity index (χ0n) is 17.8. The third-order valence-corrected chi connectivity index (χ3v) is 7.23. The molecule has 166 valence electrons. The Morgan fingerprint density at radius 2 is 2.03 bits per heavy atom. The summed E-state index contributed by atoms with van der Waals surface area (Å²) in [6, 6.07) is 10.4. The van der Waals surface area contributed by atoms with Crippen molar-refractivity contribution in [2.24, 2.45) is 5.92 Å². The molecule has 32 heavy (non-hydrogen) atoms. The van der Waals surface area contributed by atoms with Crippen molar-refractivity contribution in [1.82, 2.24) is 9.88 Å². The number of likely N-dealkylation sites (tertiary alicyclic amines) is 1. The molecule has 5 rings (SSSR count). The number of furan rings is 1. The highest BCUT2D eigenvalue weighted by atomic mass is 32.1. The van der Waals surface area contributed by atoms with E-state index in [-0.39, 0.29) is 17.9 Å². The first-order valence-corrected chi connectivity index (χ1v) is 11.8. The van der Waals surface area contributed by atoms with E-state index < -0.39 is 6.04 Å². The molecule has 7 nitrogen and oxygen atoms in total. The number of amides is 2. The molecule has 1 aromatic carbocycles. The van der Waals surface area contributed by atoms with Gasteiger partial charge in [0.25, 0.3) is 5.91 Å². The van der Waals surface area contributed by atoms with Gasteiger partial charge >= 0.3 is 0 Å². The Morgan fingerprint density at radius 1 is 1.19 bits per heavy atom. The number of aromatic nitrogens is 1. The lowest BCUT2D eigenvalue weighted by molar-refractivity contribution is -0.120. The summed E-state index contributed by atoms with van der Waals surface area (Å²) in [5, 5.41) is 5.29. The summed E-state index contributed by atoms with van der Waals surface area (Å²) in [6.07, 6.45) is 6.46. The molecule has 1 aliphatic heterocycles. The van der Waals surface area contributed by atoms with Crippen molar-refractivity contribution < 1.29 is 18.7 Å². The second-order valence-electron chi connectivity index (χ2n) is 8.28. The standard InChI is InChI=1S/C24H25N3O4S/c1-30-20-10-5-3-8-16(20)23(29)27-18-9-4-2-7-15(18)13-19(27)22(28)26-24-25-17(14-32-24)21-11-6-12-31-21/h3,5-6,8,10-12,14-15,18-19H,2,4,7,9,13H2,1H3,(H,25,26,28). The second-order valence-corrected chi connectivity index (χ2v) is 9.14. The van der Waals surface area contributed by atoms with Gasteiger partial charge in [0, 0.05) is 11.4 Å². The van der Waals surface area contributed by atoms with Gasteiger partial charge in [-0.2, -0.15) is 0 Å². The van der Waals surface area contributed by atoms with E-state index in [1.54, 1.807) is 36.5 Å². The maximum atomic E-state index is 13.6. The van der Waals surface area contributed by atoms with Crippen LogP contribution in [0.15, 0.2) is 52.5 Å². The van der Waals surface area contributed by atoms with Gasteiger partial charge in [-0.15, -0.1) is 11.3 Å². The third-order valence-electron chi connectivity index (χ3n) is 6.47. The molecule has 1 saturated heterocycles. The number of anilines is 1. The number of methoxy groups -OCH3 is 1. The van der Waals surface area contributed by atoms with Crippen LogP contribution in [0.2, 0.25) is 0 Å². The minimum absolute atomic E-state index is 0.0758. The molecule has 1 aliphatic carbocycles. The maximum Gasteiger partial charge on any atom is 0.258 e. The average molecular weight is 452 g/mol. The van der Waals surface area contributed by atoms with Crippen molar-refractivity contribution in [3.05, 3.63) is 53.6 Å². The molecule has 2 fully saturated rings. The van der Waals surface area contributed by atoms with Crippen LogP contribution >= 0.6 is 11.3 Å². The number of para-hydroxylation sites is 1. The van der Waals surface area contributed by atoms with Crippen LogP contribution in [-0.4, -0.2) is 40.9 Å². The number of benzene rings is 1. The van der Waals surface area contributed by atoms with Crippen LogP contribution in [0.25, 0.3) is 11.5 Å². The Morgan fingerprint density at radius 3 is 2.84 bits per heavy atom. The van der Waals surface area contributed by atoms with Crippen molar-refractivity contribution in [2.75, 3.05) is 12.4 Å². The SMILES string of the molecule is COc1ccccc1C(=O)N1C(C(=O)Nc2nc(-c3ccco3)cs2)CC2CCCCC21. The van der Waals surface area contributed by atoms with Crippen LogP contribution in [0.4, 0.5) is 5.13 Å². The fourth-order valence-corrected chi connectivity index (χ4v) is 5.71. The summed E-state index contributed by atoms with van der Waals surface area (Å²) in [4.78, 5) is 33.3. The molecule has 1 saturated carbocycles. The van der Waals surface area contributed by atoms with Crippen molar-refractivity contribution in [3.8, 4) is 17.2 Å². The molecule has 0 bridgehead atoms. The Balaban J connectivity index is 1.40. The zero-order chi connectivity index (χ0) is 22.1. The molecule has 3 atom stereocenters. The number of rotatable bonds is 5. The number of nitrogens with one attached hydrogen (secondary N) is 1. The maximum absolute atomic E-state index is 13.6. The van der Waals surface area contributed by atoms with Crippen molar-refractivity contribution in [3.63, 3.8) is 0 Å². The van der Waals surface area contributed by atoms with E-state index in [0.29, 0.717) is 40.2 Å². The van der Waals surface area contributed by atoms with Crippen LogP contribution in [0, 0.1) is 5.92 Å². The molecule has 0 spiro atoms. The summed E-state index contributed by atoms with van der Waals surface area (Å²) in [6.45, 7) is 0. The first-order valence-electron chi connectivity index (χ1n) is 10.9. The van der Waals surface area contributed by atoms with Crippen LogP contribution < -0.4 is 10.1 Å². The van der Waals surface area contributed by atoms with E-state index in [9.17, 15) is 9.59 Å². The first kappa shape index (κ1) is 20.8. The minimum atomic E-state index is -0.531. The first-order chi connectivity index (χ1) is 15.7. The van der Waals surface area contributed by atoms with E-state index in [1.165, 1.54) is 11.3 Å². The second kappa shape index (κ2) is 8.78. The van der Waals surface area contributed by atoms with Gasteiger partial charge in [0.2, 0.25) is 5.91 Å². The van der Waals surface area contributed by atoms with Crippen LogP contribution in [-0.2, 0) is 4.79 Å². The molecule has 3 unspecified atom stereocenters. The summed E-state index contributed by atoms with van der Waals surface area (Å²) < 4.78 is 10.8. The van der Waals surface area contributed by atoms with E-state index >= 15 is 0 Å². The molecule has 2 aromatic heterocycles. The summed E-state index contributed by atoms with van der Waals surface area (Å²) in [5.74, 6) is 1.18. The highest BCUT2D eigenvalue weighted by Gasteiger charge is 2.48. The van der Waals surface area contributed by atoms with Crippen LogP contribution in [0.3, 0.4) is 0 Å². The smallest absolute Gasteiger partial charge is 0.258 e. The van der Waals surface area contributed by atoms with Gasteiger partial charge in [0.1, 0.15) is 17.5 Å². The number of nitrogens with zero attached hydrogens (tertiary/aromatic N) is 2. The number of carbonyl (C=O) groups excluding carboxylic acids is 2. The van der Waals surface area contributed by atoms with Gasteiger partial charge in [0.05, 0.1) is 18.9 Å². The average Bonchev–Trinajstić information content (AvgIpc) is 3.57. The fraction of sp³-hybridized carbons (Fsp3) is 0.375. The quantitative estimate of drug-likeness (QED) is 0.601. The minimum Gasteiger partial charge on any atom is -0.496 e. The van der Waals surface area contributed by atoms with Gasteiger partial charge < -0.3 is 19.4 Å². The number of ether oxygens (including phenoxy) is 1. The Hall–Kier alpha value is -3.13. The number of thiazole rings is 1. The Bertz CT molecular complexity index is 1110. The third kappa shape index (κ3) is 3.79. The Kier molecular flexibility index (Phi) is 5.70. The van der Waals surface area contributed by atoms with Crippen molar-refractivity contribution >= 4 is 28.3 Å². The highest BCUT2D eigenvalue weighted by molar-refractivity contribution is 7.14. The number of hydrogen-bond acceptors (Lipinski definition) is 6. The van der Waals surface area contributed by atoms with Crippen molar-refractivity contribution in [1.29, 1.82) is 0 Å². The van der Waals surface area contributed by atoms with Crippen molar-refractivity contribution in [2.45, 2.75) is 44.2 Å². The molecule has 1 N–H and O–H groups in total. The molecule has 8 heteroatoms. The summed E-state index contributed by atoms with van der Waals surface area (Å²) in [7, 11) is 1.56. The van der Waals surface area contributed by atoms with E-state index in [0.717, 1.165) is 25.7 Å². The topological polar surface area (TPSA) is 84.7 Å². The van der Waals surface area contributed by atoms with E-state index in [4.69, 9.17) is 9.15 Å². The fourth-order valence-electron chi connectivity index (χ4n) is 5.00. The highest BCUT2D eigenvalue weighted by Crippen LogP contribution is 2.41. The number of carbonyl (C=O) groups is 2. The van der Waals surface area contributed by atoms with Gasteiger partial charge in [-0.1, -0.05) is 25.0 Å².